The number of benzene rings is 2. The molecule has 2 N–H and O–H groups in total. The summed E-state index contributed by atoms with van der Waals surface area (Å²) in [6.07, 6.45) is 8.72. The SMILES string of the molecule is CCc1cc(-c2ccc(NS(=O)(=O)c3ccccc3Cl)nc2OC)cc2cnc(NC3CCCCC3)nc12. The van der Waals surface area contributed by atoms with E-state index in [2.05, 4.69) is 33.0 Å². The maximum absolute atomic E-state index is 12.9. The van der Waals surface area contributed by atoms with Gasteiger partial charge in [-0.2, -0.15) is 4.98 Å². The first-order valence-corrected chi connectivity index (χ1v) is 14.6. The first kappa shape index (κ1) is 26.2. The minimum atomic E-state index is -3.92. The van der Waals surface area contributed by atoms with Crippen LogP contribution in [0.2, 0.25) is 5.02 Å². The van der Waals surface area contributed by atoms with Crippen LogP contribution in [0.25, 0.3) is 22.0 Å². The molecule has 1 aliphatic carbocycles. The molecule has 1 fully saturated rings. The van der Waals surface area contributed by atoms with E-state index in [1.54, 1.807) is 24.3 Å². The molecule has 2 aromatic heterocycles. The predicted octanol–water partition coefficient (Wildman–Crippen LogP) is 6.46. The average molecular weight is 552 g/mol. The molecule has 2 aromatic carbocycles. The van der Waals surface area contributed by atoms with Crippen LogP contribution in [0.5, 0.6) is 5.88 Å². The van der Waals surface area contributed by atoms with Crippen LogP contribution in [-0.4, -0.2) is 36.5 Å². The molecule has 10 heteroatoms. The molecular weight excluding hydrogens is 522 g/mol. The largest absolute Gasteiger partial charge is 0.480 e. The Balaban J connectivity index is 1.46. The fourth-order valence-electron chi connectivity index (χ4n) is 4.87. The van der Waals surface area contributed by atoms with Gasteiger partial charge in [0.05, 0.1) is 17.6 Å². The number of rotatable bonds is 8. The Kier molecular flexibility index (Phi) is 7.67. The summed E-state index contributed by atoms with van der Waals surface area (Å²) in [7, 11) is -2.42. The van der Waals surface area contributed by atoms with E-state index in [4.69, 9.17) is 21.3 Å². The molecule has 5 rings (SSSR count). The second kappa shape index (κ2) is 11.1. The average Bonchev–Trinajstić information content (AvgIpc) is 2.93. The molecule has 0 unspecified atom stereocenters. The number of aryl methyl sites for hydroxylation is 1. The van der Waals surface area contributed by atoms with E-state index in [1.165, 1.54) is 38.5 Å². The highest BCUT2D eigenvalue weighted by atomic mass is 35.5. The zero-order valence-corrected chi connectivity index (χ0v) is 22.9. The summed E-state index contributed by atoms with van der Waals surface area (Å²) in [5.74, 6) is 1.09. The Morgan fingerprint density at radius 3 is 2.58 bits per heavy atom. The highest BCUT2D eigenvalue weighted by Gasteiger charge is 2.20. The quantitative estimate of drug-likeness (QED) is 0.259. The van der Waals surface area contributed by atoms with Gasteiger partial charge < -0.3 is 10.1 Å². The van der Waals surface area contributed by atoms with Gasteiger partial charge in [0, 0.05) is 23.2 Å². The number of ether oxygens (including phenoxy) is 1. The summed E-state index contributed by atoms with van der Waals surface area (Å²) in [4.78, 5) is 13.8. The van der Waals surface area contributed by atoms with Gasteiger partial charge in [-0.3, -0.25) is 4.72 Å². The molecule has 1 saturated carbocycles. The zero-order chi connectivity index (χ0) is 26.7. The molecule has 0 atom stereocenters. The summed E-state index contributed by atoms with van der Waals surface area (Å²) in [5, 5.41) is 4.56. The fourth-order valence-corrected chi connectivity index (χ4v) is 6.39. The maximum Gasteiger partial charge on any atom is 0.264 e. The van der Waals surface area contributed by atoms with Crippen molar-refractivity contribution in [3.63, 3.8) is 0 Å². The van der Waals surface area contributed by atoms with Crippen molar-refractivity contribution in [2.24, 2.45) is 0 Å². The molecule has 0 bridgehead atoms. The molecule has 1 aliphatic rings. The number of nitrogens with zero attached hydrogens (tertiary/aromatic N) is 3. The van der Waals surface area contributed by atoms with Crippen LogP contribution in [0, 0.1) is 0 Å². The van der Waals surface area contributed by atoms with E-state index in [-0.39, 0.29) is 15.7 Å². The highest BCUT2D eigenvalue weighted by Crippen LogP contribution is 2.34. The molecule has 4 aromatic rings. The van der Waals surface area contributed by atoms with Crippen molar-refractivity contribution in [1.29, 1.82) is 0 Å². The van der Waals surface area contributed by atoms with Gasteiger partial charge >= 0.3 is 0 Å². The first-order chi connectivity index (χ1) is 18.4. The van der Waals surface area contributed by atoms with Gasteiger partial charge in [-0.1, -0.05) is 49.9 Å². The van der Waals surface area contributed by atoms with E-state index in [0.717, 1.165) is 46.9 Å². The molecular formula is C28H30ClN5O3S. The highest BCUT2D eigenvalue weighted by molar-refractivity contribution is 7.92. The maximum atomic E-state index is 12.9. The zero-order valence-electron chi connectivity index (χ0n) is 21.4. The van der Waals surface area contributed by atoms with E-state index < -0.39 is 10.0 Å². The van der Waals surface area contributed by atoms with E-state index in [9.17, 15) is 8.42 Å². The van der Waals surface area contributed by atoms with Crippen molar-refractivity contribution in [2.45, 2.75) is 56.4 Å². The summed E-state index contributed by atoms with van der Waals surface area (Å²) in [5.41, 5.74) is 3.61. The third-order valence-corrected chi connectivity index (χ3v) is 8.67. The number of fused-ring (bicyclic) bond motifs is 1. The van der Waals surface area contributed by atoms with Gasteiger partial charge in [-0.25, -0.2) is 18.4 Å². The molecule has 2 heterocycles. The minimum Gasteiger partial charge on any atom is -0.480 e. The van der Waals surface area contributed by atoms with E-state index in [0.29, 0.717) is 17.9 Å². The Morgan fingerprint density at radius 2 is 1.84 bits per heavy atom. The van der Waals surface area contributed by atoms with Gasteiger partial charge in [0.2, 0.25) is 11.8 Å². The molecule has 0 radical (unpaired) electrons. The van der Waals surface area contributed by atoms with Crippen molar-refractivity contribution in [1.82, 2.24) is 15.0 Å². The Hall–Kier alpha value is -3.43. The van der Waals surface area contributed by atoms with Crippen LogP contribution < -0.4 is 14.8 Å². The second-order valence-electron chi connectivity index (χ2n) is 9.39. The molecule has 0 saturated heterocycles. The lowest BCUT2D eigenvalue weighted by Crippen LogP contribution is -2.23. The van der Waals surface area contributed by atoms with Crippen molar-refractivity contribution in [3.05, 3.63) is 65.3 Å². The second-order valence-corrected chi connectivity index (χ2v) is 11.4. The number of aromatic nitrogens is 3. The van der Waals surface area contributed by atoms with Gasteiger partial charge in [-0.15, -0.1) is 0 Å². The molecule has 38 heavy (non-hydrogen) atoms. The monoisotopic (exact) mass is 551 g/mol. The summed E-state index contributed by atoms with van der Waals surface area (Å²) < 4.78 is 33.8. The number of methoxy groups -OCH3 is 1. The summed E-state index contributed by atoms with van der Waals surface area (Å²) >= 11 is 6.10. The van der Waals surface area contributed by atoms with Gasteiger partial charge in [0.1, 0.15) is 10.7 Å². The normalized spacial score (nSPS) is 14.4. The minimum absolute atomic E-state index is 0.0222. The summed E-state index contributed by atoms with van der Waals surface area (Å²) in [6, 6.07) is 14.2. The van der Waals surface area contributed by atoms with Crippen molar-refractivity contribution in [2.75, 3.05) is 17.1 Å². The number of hydrogen-bond acceptors (Lipinski definition) is 7. The van der Waals surface area contributed by atoms with Crippen molar-refractivity contribution >= 4 is 44.3 Å². The first-order valence-electron chi connectivity index (χ1n) is 12.8. The Labute approximate surface area is 227 Å². The van der Waals surface area contributed by atoms with Gasteiger partial charge in [0.15, 0.2) is 0 Å². The standard InChI is InChI=1S/C28H30ClN5O3S/c1-3-18-15-19(16-20-17-30-28(33-26(18)20)31-21-9-5-4-6-10-21)22-13-14-25(32-27(22)37-2)34-38(35,36)24-12-8-7-11-23(24)29/h7-8,11-17,21H,3-6,9-10H2,1-2H3,(H,32,34)(H,30,31,33). The number of halogens is 1. The smallest absolute Gasteiger partial charge is 0.264 e. The summed E-state index contributed by atoms with van der Waals surface area (Å²) in [6.45, 7) is 2.09. The lowest BCUT2D eigenvalue weighted by molar-refractivity contribution is 0.400. The van der Waals surface area contributed by atoms with Gasteiger partial charge in [0.25, 0.3) is 10.0 Å². The van der Waals surface area contributed by atoms with Crippen molar-refractivity contribution in [3.8, 4) is 17.0 Å². The lowest BCUT2D eigenvalue weighted by atomic mass is 9.96. The van der Waals surface area contributed by atoms with E-state index >= 15 is 0 Å². The van der Waals surface area contributed by atoms with Crippen molar-refractivity contribution < 1.29 is 13.2 Å². The number of sulfonamides is 1. The molecule has 0 aliphatic heterocycles. The van der Waals surface area contributed by atoms with Crippen LogP contribution in [0.15, 0.2) is 59.6 Å². The number of nitrogens with one attached hydrogen (secondary N) is 2. The third kappa shape index (κ3) is 5.54. The molecule has 8 nitrogen and oxygen atoms in total. The number of anilines is 2. The third-order valence-electron chi connectivity index (χ3n) is 6.81. The fraction of sp³-hybridized carbons (Fsp3) is 0.321. The molecule has 0 spiro atoms. The molecule has 198 valence electrons. The topological polar surface area (TPSA) is 106 Å². The van der Waals surface area contributed by atoms with Crippen LogP contribution in [0.1, 0.15) is 44.6 Å². The van der Waals surface area contributed by atoms with Crippen LogP contribution >= 0.6 is 11.6 Å². The lowest BCUT2D eigenvalue weighted by Gasteiger charge is -2.22. The number of hydrogen-bond donors (Lipinski definition) is 2. The van der Waals surface area contributed by atoms with Crippen LogP contribution in [0.4, 0.5) is 11.8 Å². The Morgan fingerprint density at radius 1 is 1.05 bits per heavy atom. The molecule has 0 amide bonds. The van der Waals surface area contributed by atoms with Gasteiger partial charge in [-0.05, 0) is 66.8 Å². The van der Waals surface area contributed by atoms with E-state index in [1.807, 2.05) is 12.3 Å². The Bertz CT molecular complexity index is 1570. The van der Waals surface area contributed by atoms with Crippen LogP contribution in [0.3, 0.4) is 0 Å². The van der Waals surface area contributed by atoms with Crippen LogP contribution in [-0.2, 0) is 16.4 Å². The predicted molar refractivity (Wildman–Crippen MR) is 151 cm³/mol. The number of pyridine rings is 1.